The lowest BCUT2D eigenvalue weighted by Crippen LogP contribution is -2.56. The molecule has 0 saturated carbocycles. The van der Waals surface area contributed by atoms with Crippen LogP contribution in [-0.2, 0) is 16.1 Å². The molecule has 132 valence electrons. The average Bonchev–Trinajstić information content (AvgIpc) is 3.04. The highest BCUT2D eigenvalue weighted by atomic mass is 32.2. The van der Waals surface area contributed by atoms with Crippen LogP contribution in [0.5, 0.6) is 0 Å². The summed E-state index contributed by atoms with van der Waals surface area (Å²) in [5.41, 5.74) is 3.05. The summed E-state index contributed by atoms with van der Waals surface area (Å²) in [6.07, 6.45) is 3.64. The van der Waals surface area contributed by atoms with Crippen LogP contribution in [0.2, 0.25) is 0 Å². The zero-order valence-corrected chi connectivity index (χ0v) is 15.4. The molecule has 3 rings (SSSR count). The molecule has 2 N–H and O–H groups in total. The first-order valence-corrected chi connectivity index (χ1v) is 9.17. The molecule has 0 unspecified atom stereocenters. The molecule has 2 amide bonds. The molecule has 1 aromatic heterocycles. The third kappa shape index (κ3) is 3.87. The molecule has 1 fully saturated rings. The van der Waals surface area contributed by atoms with Crippen LogP contribution in [0, 0.1) is 6.92 Å². The molecule has 2 heterocycles. The van der Waals surface area contributed by atoms with Gasteiger partial charge in [0.15, 0.2) is 0 Å². The average molecular weight is 358 g/mol. The number of aromatic nitrogens is 2. The first-order chi connectivity index (χ1) is 11.9. The van der Waals surface area contributed by atoms with Gasteiger partial charge in [0.1, 0.15) is 6.04 Å². The van der Waals surface area contributed by atoms with E-state index in [1.807, 2.05) is 51.2 Å². The van der Waals surface area contributed by atoms with Crippen molar-refractivity contribution in [3.63, 3.8) is 0 Å². The monoisotopic (exact) mass is 358 g/mol. The maximum Gasteiger partial charge on any atom is 0.243 e. The van der Waals surface area contributed by atoms with Crippen LogP contribution in [0.25, 0.3) is 5.69 Å². The van der Waals surface area contributed by atoms with Gasteiger partial charge in [-0.3, -0.25) is 9.59 Å². The van der Waals surface area contributed by atoms with Gasteiger partial charge in [0.25, 0.3) is 0 Å². The van der Waals surface area contributed by atoms with Crippen molar-refractivity contribution in [1.82, 2.24) is 20.4 Å². The Morgan fingerprint density at radius 2 is 2.20 bits per heavy atom. The molecular formula is C18H22N4O2S. The number of rotatable bonds is 4. The van der Waals surface area contributed by atoms with Crippen LogP contribution in [0.15, 0.2) is 36.7 Å². The second-order valence-electron chi connectivity index (χ2n) is 6.64. The zero-order valence-electron chi connectivity index (χ0n) is 14.6. The van der Waals surface area contributed by atoms with Crippen LogP contribution < -0.4 is 10.6 Å². The predicted molar refractivity (Wildman–Crippen MR) is 98.6 cm³/mol. The Labute approximate surface area is 151 Å². The third-order valence-corrected chi connectivity index (χ3v) is 5.65. The summed E-state index contributed by atoms with van der Waals surface area (Å²) in [4.78, 5) is 24.3. The maximum atomic E-state index is 12.3. The van der Waals surface area contributed by atoms with Crippen molar-refractivity contribution in [2.24, 2.45) is 0 Å². The van der Waals surface area contributed by atoms with E-state index < -0.39 is 10.8 Å². The van der Waals surface area contributed by atoms with Gasteiger partial charge >= 0.3 is 0 Å². The number of benzene rings is 1. The molecule has 2 aromatic rings. The van der Waals surface area contributed by atoms with Crippen molar-refractivity contribution in [3.05, 3.63) is 47.8 Å². The van der Waals surface area contributed by atoms with Gasteiger partial charge in [-0.15, -0.1) is 11.8 Å². The van der Waals surface area contributed by atoms with E-state index in [1.54, 1.807) is 10.9 Å². The summed E-state index contributed by atoms with van der Waals surface area (Å²) in [6, 6.07) is 7.50. The summed E-state index contributed by atoms with van der Waals surface area (Å²) in [5.74, 6) is 0.309. The molecule has 1 saturated heterocycles. The zero-order chi connectivity index (χ0) is 18.0. The number of aryl methyl sites for hydroxylation is 1. The molecule has 0 spiro atoms. The largest absolute Gasteiger partial charge is 0.350 e. The summed E-state index contributed by atoms with van der Waals surface area (Å²) in [6.45, 7) is 6.14. The summed E-state index contributed by atoms with van der Waals surface area (Å²) in [7, 11) is 0. The third-order valence-electron chi connectivity index (χ3n) is 4.24. The molecule has 6 nitrogen and oxygen atoms in total. The Kier molecular flexibility index (Phi) is 4.85. The molecular weight excluding hydrogens is 336 g/mol. The normalized spacial score (nSPS) is 19.3. The lowest BCUT2D eigenvalue weighted by Gasteiger charge is -2.32. The van der Waals surface area contributed by atoms with Gasteiger partial charge in [0.2, 0.25) is 11.8 Å². The van der Waals surface area contributed by atoms with E-state index in [2.05, 4.69) is 15.7 Å². The van der Waals surface area contributed by atoms with Crippen molar-refractivity contribution in [2.45, 2.75) is 38.1 Å². The standard InChI is InChI=1S/C18H22N4O2S/c1-12-6-4-5-7-15(12)22-10-13(9-20-22)8-19-16(23)14-11-25-18(2,3)17(24)21-14/h4-7,9-10,14H,8,11H2,1-3H3,(H,19,23)(H,21,24)/t14-/m0/s1. The van der Waals surface area contributed by atoms with Crippen LogP contribution in [0.4, 0.5) is 0 Å². The topological polar surface area (TPSA) is 76.0 Å². The molecule has 7 heteroatoms. The van der Waals surface area contributed by atoms with Gasteiger partial charge in [0, 0.05) is 24.1 Å². The number of hydrogen-bond acceptors (Lipinski definition) is 4. The van der Waals surface area contributed by atoms with Crippen molar-refractivity contribution in [2.75, 3.05) is 5.75 Å². The van der Waals surface area contributed by atoms with E-state index in [1.165, 1.54) is 11.8 Å². The lowest BCUT2D eigenvalue weighted by molar-refractivity contribution is -0.129. The number of carbonyl (C=O) groups excluding carboxylic acids is 2. The van der Waals surface area contributed by atoms with Gasteiger partial charge in [-0.1, -0.05) is 18.2 Å². The van der Waals surface area contributed by atoms with E-state index in [4.69, 9.17) is 0 Å². The first-order valence-electron chi connectivity index (χ1n) is 8.19. The van der Waals surface area contributed by atoms with Crippen molar-refractivity contribution >= 4 is 23.6 Å². The van der Waals surface area contributed by atoms with Crippen molar-refractivity contribution in [1.29, 1.82) is 0 Å². The molecule has 25 heavy (non-hydrogen) atoms. The van der Waals surface area contributed by atoms with Gasteiger partial charge in [0.05, 0.1) is 16.6 Å². The fourth-order valence-corrected chi connectivity index (χ4v) is 3.60. The summed E-state index contributed by atoms with van der Waals surface area (Å²) < 4.78 is 1.32. The molecule has 1 aromatic carbocycles. The Morgan fingerprint density at radius 3 is 2.92 bits per heavy atom. The fraction of sp³-hybridized carbons (Fsp3) is 0.389. The van der Waals surface area contributed by atoms with Gasteiger partial charge < -0.3 is 10.6 Å². The maximum absolute atomic E-state index is 12.3. The number of amides is 2. The van der Waals surface area contributed by atoms with E-state index in [0.717, 1.165) is 16.8 Å². The lowest BCUT2D eigenvalue weighted by atomic mass is 10.1. The first kappa shape index (κ1) is 17.5. The second kappa shape index (κ2) is 6.92. The van der Waals surface area contributed by atoms with Gasteiger partial charge in [-0.2, -0.15) is 5.10 Å². The number of carbonyl (C=O) groups is 2. The van der Waals surface area contributed by atoms with Gasteiger partial charge in [-0.05, 0) is 32.4 Å². The van der Waals surface area contributed by atoms with E-state index in [0.29, 0.717) is 12.3 Å². The molecule has 0 radical (unpaired) electrons. The van der Waals surface area contributed by atoms with Crippen molar-refractivity contribution in [3.8, 4) is 5.69 Å². The summed E-state index contributed by atoms with van der Waals surface area (Å²) in [5, 5.41) is 10.0. The Balaban J connectivity index is 1.59. The Morgan fingerprint density at radius 1 is 1.44 bits per heavy atom. The van der Waals surface area contributed by atoms with Crippen LogP contribution in [0.1, 0.15) is 25.0 Å². The smallest absolute Gasteiger partial charge is 0.243 e. The number of para-hydroxylation sites is 1. The Bertz CT molecular complexity index is 800. The molecule has 1 aliphatic rings. The number of thioether (sulfide) groups is 1. The summed E-state index contributed by atoms with van der Waals surface area (Å²) >= 11 is 1.50. The van der Waals surface area contributed by atoms with Gasteiger partial charge in [-0.25, -0.2) is 4.68 Å². The van der Waals surface area contributed by atoms with E-state index in [-0.39, 0.29) is 11.8 Å². The minimum Gasteiger partial charge on any atom is -0.350 e. The molecule has 0 aliphatic carbocycles. The number of hydrogen-bond donors (Lipinski definition) is 2. The van der Waals surface area contributed by atoms with E-state index in [9.17, 15) is 9.59 Å². The van der Waals surface area contributed by atoms with E-state index >= 15 is 0 Å². The molecule has 1 atom stereocenters. The van der Waals surface area contributed by atoms with Crippen LogP contribution >= 0.6 is 11.8 Å². The fourth-order valence-electron chi connectivity index (χ4n) is 2.59. The minimum atomic E-state index is -0.489. The second-order valence-corrected chi connectivity index (χ2v) is 8.29. The SMILES string of the molecule is Cc1ccccc1-n1cc(CNC(=O)[C@@H]2CSC(C)(C)C(=O)N2)cn1. The van der Waals surface area contributed by atoms with Crippen LogP contribution in [0.3, 0.4) is 0 Å². The molecule has 0 bridgehead atoms. The molecule has 1 aliphatic heterocycles. The van der Waals surface area contributed by atoms with Crippen LogP contribution in [-0.4, -0.2) is 38.1 Å². The number of nitrogens with zero attached hydrogens (tertiary/aromatic N) is 2. The quantitative estimate of drug-likeness (QED) is 0.874. The predicted octanol–water partition coefficient (Wildman–Crippen LogP) is 1.81. The number of nitrogens with one attached hydrogen (secondary N) is 2. The Hall–Kier alpha value is -2.28. The van der Waals surface area contributed by atoms with Crippen molar-refractivity contribution < 1.29 is 9.59 Å². The highest BCUT2D eigenvalue weighted by Crippen LogP contribution is 2.29. The minimum absolute atomic E-state index is 0.101. The highest BCUT2D eigenvalue weighted by molar-refractivity contribution is 8.01. The highest BCUT2D eigenvalue weighted by Gasteiger charge is 2.37.